The van der Waals surface area contributed by atoms with Gasteiger partial charge < -0.3 is 35.2 Å². The summed E-state index contributed by atoms with van der Waals surface area (Å²) < 4.78 is 0. The van der Waals surface area contributed by atoms with Gasteiger partial charge in [0.05, 0.1) is 17.7 Å². The first kappa shape index (κ1) is 34.8. The largest absolute Gasteiger partial charge is 0.549 e. The van der Waals surface area contributed by atoms with Crippen molar-refractivity contribution < 1.29 is 24.3 Å². The summed E-state index contributed by atoms with van der Waals surface area (Å²) in [6.07, 6.45) is 8.01. The predicted octanol–water partition coefficient (Wildman–Crippen LogP) is 2.75. The van der Waals surface area contributed by atoms with Crippen LogP contribution in [-0.4, -0.2) is 118 Å². The molecule has 4 aliphatic rings. The number of carboxylic acids is 1. The summed E-state index contributed by atoms with van der Waals surface area (Å²) in [5.41, 5.74) is 4.95. The fourth-order valence-corrected chi connectivity index (χ4v) is 8.80. The number of carboxylic acid groups (broad SMARTS) is 1. The number of aromatic amines is 1. The smallest absolute Gasteiger partial charge is 0.322 e. The number of carbonyl (C=O) groups is 4. The van der Waals surface area contributed by atoms with E-state index in [1.807, 2.05) is 52.0 Å². The highest BCUT2D eigenvalue weighted by atomic mass is 16.4. The zero-order valence-electron chi connectivity index (χ0n) is 29.4. The number of urea groups is 2. The second-order valence-electron chi connectivity index (χ2n) is 14.9. The van der Waals surface area contributed by atoms with Crippen molar-refractivity contribution in [2.45, 2.75) is 70.4 Å². The van der Waals surface area contributed by atoms with Gasteiger partial charge in [0.15, 0.2) is 0 Å². The molecule has 3 N–H and O–H groups in total. The molecule has 0 bridgehead atoms. The molecular formula is C38H49N8O5-. The maximum atomic E-state index is 14.2. The van der Waals surface area contributed by atoms with Gasteiger partial charge in [-0.15, -0.1) is 0 Å². The highest BCUT2D eigenvalue weighted by molar-refractivity contribution is 5.91. The van der Waals surface area contributed by atoms with Crippen molar-refractivity contribution in [3.63, 3.8) is 0 Å². The van der Waals surface area contributed by atoms with Crippen LogP contribution in [0.5, 0.6) is 0 Å². The Balaban J connectivity index is 0.977. The number of aliphatic carboxylic acids is 1. The van der Waals surface area contributed by atoms with Gasteiger partial charge in [-0.1, -0.05) is 24.3 Å². The molecule has 0 radical (unpaired) electrons. The number of benzene rings is 2. The fourth-order valence-electron chi connectivity index (χ4n) is 8.80. The minimum absolute atomic E-state index is 0.0112. The third kappa shape index (κ3) is 7.98. The first-order valence-electron chi connectivity index (χ1n) is 18.6. The van der Waals surface area contributed by atoms with Gasteiger partial charge in [0.1, 0.15) is 6.04 Å². The Hall–Kier alpha value is -4.65. The Morgan fingerprint density at radius 1 is 0.922 bits per heavy atom. The number of likely N-dealkylation sites (tertiary alicyclic amines) is 3. The number of hydrogen-bond acceptors (Lipinski definition) is 7. The van der Waals surface area contributed by atoms with Crippen LogP contribution < -0.4 is 15.7 Å². The first-order valence-corrected chi connectivity index (χ1v) is 18.6. The second kappa shape index (κ2) is 15.3. The van der Waals surface area contributed by atoms with Crippen LogP contribution in [0.25, 0.3) is 10.9 Å². The third-order valence-electron chi connectivity index (χ3n) is 11.7. The molecule has 0 spiro atoms. The first-order chi connectivity index (χ1) is 24.7. The van der Waals surface area contributed by atoms with Crippen molar-refractivity contribution in [1.82, 2.24) is 35.1 Å². The summed E-state index contributed by atoms with van der Waals surface area (Å²) >= 11 is 0. The van der Waals surface area contributed by atoms with Crippen molar-refractivity contribution in [3.8, 4) is 0 Å². The van der Waals surface area contributed by atoms with Crippen LogP contribution in [0.1, 0.15) is 55.2 Å². The Labute approximate surface area is 298 Å². The van der Waals surface area contributed by atoms with Crippen molar-refractivity contribution in [2.75, 3.05) is 57.7 Å². The molecule has 272 valence electrons. The van der Waals surface area contributed by atoms with Gasteiger partial charge in [0.2, 0.25) is 5.91 Å². The predicted molar refractivity (Wildman–Crippen MR) is 191 cm³/mol. The molecule has 1 aromatic heterocycles. The molecule has 4 aliphatic heterocycles. The molecule has 1 atom stereocenters. The van der Waals surface area contributed by atoms with Gasteiger partial charge in [-0.25, -0.2) is 9.59 Å². The van der Waals surface area contributed by atoms with E-state index in [1.165, 1.54) is 0 Å². The number of aryl methyl sites for hydroxylation is 1. The standard InChI is InChI=1S/C38H50N8O5/c1-25-20-26(21-30-23-39-42-35(25)30)22-33(36(49)44-15-8-28(9-16-44)27-6-13-43(14-7-27)24-34(47)48)41-37(50)45-17-11-31(12-18-45)46-19-10-29-4-2-3-5-32(29)40-38(46)51/h2-5,20-21,23,27-28,31,33H,6-19,22,24H2,1H3,(H,39,42)(H,40,51)(H,41,50)(H,47,48)/p-1. The van der Waals surface area contributed by atoms with Gasteiger partial charge in [0.25, 0.3) is 0 Å². The van der Waals surface area contributed by atoms with E-state index in [4.69, 9.17) is 0 Å². The zero-order chi connectivity index (χ0) is 35.5. The second-order valence-corrected chi connectivity index (χ2v) is 14.9. The Morgan fingerprint density at radius 2 is 1.61 bits per heavy atom. The highest BCUT2D eigenvalue weighted by Gasteiger charge is 2.36. The van der Waals surface area contributed by atoms with E-state index in [1.54, 1.807) is 11.1 Å². The molecule has 3 saturated heterocycles. The molecule has 7 rings (SSSR count). The molecular weight excluding hydrogens is 648 g/mol. The van der Waals surface area contributed by atoms with Gasteiger partial charge >= 0.3 is 12.1 Å². The van der Waals surface area contributed by atoms with E-state index in [9.17, 15) is 24.3 Å². The number of piperidine rings is 3. The van der Waals surface area contributed by atoms with Crippen molar-refractivity contribution in [1.29, 1.82) is 0 Å². The molecule has 2 aromatic carbocycles. The van der Waals surface area contributed by atoms with E-state index in [-0.39, 0.29) is 30.6 Å². The van der Waals surface area contributed by atoms with E-state index in [0.29, 0.717) is 63.8 Å². The maximum absolute atomic E-state index is 14.2. The number of amides is 5. The lowest BCUT2D eigenvalue weighted by Crippen LogP contribution is -2.57. The van der Waals surface area contributed by atoms with Crippen LogP contribution in [-0.2, 0) is 22.4 Å². The SMILES string of the molecule is Cc1cc(CC(NC(=O)N2CCC(N3CCc4ccccc4NC3=O)CC2)C(=O)N2CCC(C3CCN(CC(=O)[O-])CC3)CC2)cc2cn[nH]c12. The lowest BCUT2D eigenvalue weighted by molar-refractivity contribution is -0.306. The fraction of sp³-hybridized carbons (Fsp3) is 0.553. The Kier molecular flexibility index (Phi) is 10.4. The number of nitrogens with one attached hydrogen (secondary N) is 3. The highest BCUT2D eigenvalue weighted by Crippen LogP contribution is 2.33. The number of H-pyrrole nitrogens is 1. The topological polar surface area (TPSA) is 157 Å². The zero-order valence-corrected chi connectivity index (χ0v) is 29.4. The minimum Gasteiger partial charge on any atom is -0.549 e. The van der Waals surface area contributed by atoms with Crippen LogP contribution in [0.4, 0.5) is 15.3 Å². The average Bonchev–Trinajstić information content (AvgIpc) is 3.55. The van der Waals surface area contributed by atoms with Gasteiger partial charge in [0, 0.05) is 62.8 Å². The number of fused-ring (bicyclic) bond motifs is 2. The molecule has 1 unspecified atom stereocenters. The van der Waals surface area contributed by atoms with Crippen LogP contribution in [0.15, 0.2) is 42.6 Å². The number of nitrogens with zero attached hydrogens (tertiary/aromatic N) is 5. The Morgan fingerprint density at radius 3 is 2.33 bits per heavy atom. The normalized spacial score (nSPS) is 20.5. The quantitative estimate of drug-likeness (QED) is 0.327. The lowest BCUT2D eigenvalue weighted by atomic mass is 9.78. The van der Waals surface area contributed by atoms with Crippen molar-refractivity contribution in [3.05, 3.63) is 59.3 Å². The van der Waals surface area contributed by atoms with Crippen LogP contribution in [0.3, 0.4) is 0 Å². The molecule has 13 nitrogen and oxygen atoms in total. The van der Waals surface area contributed by atoms with Crippen LogP contribution in [0.2, 0.25) is 0 Å². The van der Waals surface area contributed by atoms with Crippen LogP contribution in [0, 0.1) is 18.8 Å². The van der Waals surface area contributed by atoms with E-state index >= 15 is 0 Å². The molecule has 13 heteroatoms. The van der Waals surface area contributed by atoms with Gasteiger partial charge in [-0.3, -0.25) is 14.8 Å². The summed E-state index contributed by atoms with van der Waals surface area (Å²) in [7, 11) is 0. The van der Waals surface area contributed by atoms with E-state index < -0.39 is 12.0 Å². The molecule has 3 fully saturated rings. The summed E-state index contributed by atoms with van der Waals surface area (Å²) in [6, 6.07) is 11.0. The van der Waals surface area contributed by atoms with Crippen LogP contribution >= 0.6 is 0 Å². The number of carbonyl (C=O) groups excluding carboxylic acids is 4. The molecule has 0 aliphatic carbocycles. The Bertz CT molecular complexity index is 1740. The number of hydrogen-bond donors (Lipinski definition) is 3. The van der Waals surface area contributed by atoms with Gasteiger partial charge in [-0.2, -0.15) is 5.10 Å². The van der Waals surface area contributed by atoms with Gasteiger partial charge in [-0.05, 0) is 106 Å². The number of anilines is 1. The summed E-state index contributed by atoms with van der Waals surface area (Å²) in [6.45, 7) is 6.46. The summed E-state index contributed by atoms with van der Waals surface area (Å²) in [5.74, 6) is -0.0647. The summed E-state index contributed by atoms with van der Waals surface area (Å²) in [4.78, 5) is 59.8. The molecule has 5 heterocycles. The molecule has 51 heavy (non-hydrogen) atoms. The molecule has 5 amide bonds. The van der Waals surface area contributed by atoms with E-state index in [2.05, 4.69) is 26.9 Å². The third-order valence-corrected chi connectivity index (χ3v) is 11.7. The monoisotopic (exact) mass is 697 g/mol. The summed E-state index contributed by atoms with van der Waals surface area (Å²) in [5, 5.41) is 25.4. The number of aromatic nitrogens is 2. The lowest BCUT2D eigenvalue weighted by Gasteiger charge is -2.41. The molecule has 3 aromatic rings. The van der Waals surface area contributed by atoms with Crippen molar-refractivity contribution in [2.24, 2.45) is 11.8 Å². The number of rotatable bonds is 8. The maximum Gasteiger partial charge on any atom is 0.322 e. The average molecular weight is 698 g/mol. The van der Waals surface area contributed by atoms with E-state index in [0.717, 1.165) is 78.5 Å². The molecule has 0 saturated carbocycles. The van der Waals surface area contributed by atoms with Crippen molar-refractivity contribution >= 4 is 40.5 Å². The number of para-hydroxylation sites is 1. The minimum atomic E-state index is -1.03.